The lowest BCUT2D eigenvalue weighted by atomic mass is 10.2. The molecule has 1 fully saturated rings. The smallest absolute Gasteiger partial charge is 0.284 e. The monoisotopic (exact) mass is 545 g/mol. The highest BCUT2D eigenvalue weighted by molar-refractivity contribution is 8.16. The molecule has 2 aromatic carbocycles. The van der Waals surface area contributed by atoms with E-state index >= 15 is 0 Å². The molecule has 1 aliphatic heterocycles. The number of amidine groups is 1. The van der Waals surface area contributed by atoms with Crippen molar-refractivity contribution in [1.82, 2.24) is 4.90 Å². The maximum atomic E-state index is 12.9. The normalized spacial score (nSPS) is 16.8. The molecule has 8 nitrogen and oxygen atoms in total. The van der Waals surface area contributed by atoms with Crippen LogP contribution in [0.2, 0.25) is 0 Å². The van der Waals surface area contributed by atoms with Crippen molar-refractivity contribution >= 4 is 44.5 Å². The lowest BCUT2D eigenvalue weighted by Gasteiger charge is -2.13. The lowest BCUT2D eigenvalue weighted by molar-refractivity contribution is -0.128. The minimum Gasteiger partial charge on any atom is -0.494 e. The predicted octanol–water partition coefficient (Wildman–Crippen LogP) is 5.25. The maximum absolute atomic E-state index is 12.9. The van der Waals surface area contributed by atoms with Crippen LogP contribution in [0.25, 0.3) is 0 Å². The van der Waals surface area contributed by atoms with Crippen molar-refractivity contribution in [2.75, 3.05) is 18.5 Å². The lowest BCUT2D eigenvalue weighted by Crippen LogP contribution is -2.33. The molecule has 200 valence electrons. The molecule has 1 atom stereocenters. The minimum absolute atomic E-state index is 0.0656. The van der Waals surface area contributed by atoms with E-state index in [1.807, 2.05) is 6.92 Å². The van der Waals surface area contributed by atoms with Crippen molar-refractivity contribution in [2.45, 2.75) is 69.4 Å². The summed E-state index contributed by atoms with van der Waals surface area (Å²) in [5, 5.41) is 2.14. The number of aryl methyl sites for hydroxylation is 1. The Morgan fingerprint density at radius 2 is 1.73 bits per heavy atom. The van der Waals surface area contributed by atoms with Gasteiger partial charge >= 0.3 is 0 Å². The van der Waals surface area contributed by atoms with Crippen LogP contribution in [0.15, 0.2) is 57.8 Å². The summed E-state index contributed by atoms with van der Waals surface area (Å²) in [5.41, 5.74) is 1.61. The van der Waals surface area contributed by atoms with E-state index in [2.05, 4.69) is 16.6 Å². The van der Waals surface area contributed by atoms with Crippen LogP contribution in [0.3, 0.4) is 0 Å². The summed E-state index contributed by atoms with van der Waals surface area (Å²) in [4.78, 5) is 26.9. The van der Waals surface area contributed by atoms with E-state index in [0.29, 0.717) is 12.3 Å². The second-order valence-electron chi connectivity index (χ2n) is 8.72. The number of sulfonamides is 1. The zero-order chi connectivity index (χ0) is 26.8. The molecule has 0 aromatic heterocycles. The quantitative estimate of drug-likeness (QED) is 0.345. The maximum Gasteiger partial charge on any atom is 0.284 e. The first-order chi connectivity index (χ1) is 17.8. The SMILES string of the molecule is CCCCCCOc1ccc(NC(=O)CC2S/C(=N/S(=O)(=O)c3ccc(CC)cc3)N(CC)C2=O)cc1. The van der Waals surface area contributed by atoms with Crippen molar-refractivity contribution in [3.05, 3.63) is 54.1 Å². The molecule has 3 rings (SSSR count). The number of amides is 2. The van der Waals surface area contributed by atoms with Gasteiger partial charge in [-0.15, -0.1) is 4.40 Å². The van der Waals surface area contributed by atoms with Crippen LogP contribution in [0.4, 0.5) is 5.69 Å². The Hall–Kier alpha value is -2.85. The molecule has 2 aromatic rings. The number of nitrogens with zero attached hydrogens (tertiary/aromatic N) is 2. The van der Waals surface area contributed by atoms with Crippen molar-refractivity contribution < 1.29 is 22.7 Å². The summed E-state index contributed by atoms with van der Waals surface area (Å²) in [5.74, 6) is 0.0696. The van der Waals surface area contributed by atoms with Gasteiger partial charge in [-0.3, -0.25) is 14.5 Å². The molecule has 0 aliphatic carbocycles. The predicted molar refractivity (Wildman–Crippen MR) is 149 cm³/mol. The van der Waals surface area contributed by atoms with Crippen molar-refractivity contribution in [3.63, 3.8) is 0 Å². The Kier molecular flexibility index (Phi) is 10.6. The molecule has 1 saturated heterocycles. The highest BCUT2D eigenvalue weighted by atomic mass is 32.2. The molecule has 0 bridgehead atoms. The number of benzene rings is 2. The molecule has 1 N–H and O–H groups in total. The second kappa shape index (κ2) is 13.6. The van der Waals surface area contributed by atoms with E-state index in [4.69, 9.17) is 4.74 Å². The van der Waals surface area contributed by atoms with Crippen molar-refractivity contribution in [2.24, 2.45) is 4.40 Å². The summed E-state index contributed by atoms with van der Waals surface area (Å²) in [6, 6.07) is 13.6. The van der Waals surface area contributed by atoms with Gasteiger partial charge in [0.1, 0.15) is 11.0 Å². The standard InChI is InChI=1S/C27H35N3O5S2/c1-4-7-8-9-18-35-22-14-12-21(13-15-22)28-25(31)19-24-26(32)30(6-3)27(36-24)29-37(33,34)23-16-10-20(5-2)11-17-23/h10-17,24H,4-9,18-19H2,1-3H3,(H,28,31)/b29-27+. The van der Waals surface area contributed by atoms with Gasteiger partial charge < -0.3 is 10.1 Å². The van der Waals surface area contributed by atoms with Gasteiger partial charge in [0.15, 0.2) is 5.17 Å². The summed E-state index contributed by atoms with van der Waals surface area (Å²) < 4.78 is 35.3. The van der Waals surface area contributed by atoms with E-state index < -0.39 is 15.3 Å². The average Bonchev–Trinajstić information content (AvgIpc) is 3.17. The number of anilines is 1. The van der Waals surface area contributed by atoms with Crippen LogP contribution >= 0.6 is 11.8 Å². The number of hydrogen-bond acceptors (Lipinski definition) is 6. The zero-order valence-corrected chi connectivity index (χ0v) is 23.2. The molecular weight excluding hydrogens is 510 g/mol. The molecule has 1 unspecified atom stereocenters. The molecule has 2 amide bonds. The zero-order valence-electron chi connectivity index (χ0n) is 21.6. The van der Waals surface area contributed by atoms with Gasteiger partial charge in [-0.05, 0) is 61.7 Å². The summed E-state index contributed by atoms with van der Waals surface area (Å²) >= 11 is 1.00. The first-order valence-corrected chi connectivity index (χ1v) is 15.0. The van der Waals surface area contributed by atoms with Crippen LogP contribution in [0, 0.1) is 0 Å². The van der Waals surface area contributed by atoms with Gasteiger partial charge in [-0.25, -0.2) is 0 Å². The molecule has 0 radical (unpaired) electrons. The largest absolute Gasteiger partial charge is 0.494 e. The van der Waals surface area contributed by atoms with Gasteiger partial charge in [-0.1, -0.05) is 57.0 Å². The fourth-order valence-corrected chi connectivity index (χ4v) is 6.21. The van der Waals surface area contributed by atoms with E-state index in [0.717, 1.165) is 42.3 Å². The molecular formula is C27H35N3O5S2. The topological polar surface area (TPSA) is 105 Å². The molecule has 1 aliphatic rings. The fraction of sp³-hybridized carbons (Fsp3) is 0.444. The number of carbonyl (C=O) groups is 2. The van der Waals surface area contributed by atoms with E-state index in [-0.39, 0.29) is 34.8 Å². The number of rotatable bonds is 13. The summed E-state index contributed by atoms with van der Waals surface area (Å²) in [6.07, 6.45) is 5.22. The molecule has 10 heteroatoms. The number of nitrogens with one attached hydrogen (secondary N) is 1. The van der Waals surface area contributed by atoms with Gasteiger partial charge in [-0.2, -0.15) is 8.42 Å². The number of hydrogen-bond donors (Lipinski definition) is 1. The number of unbranched alkanes of at least 4 members (excludes halogenated alkanes) is 3. The highest BCUT2D eigenvalue weighted by Crippen LogP contribution is 2.31. The van der Waals surface area contributed by atoms with E-state index in [1.165, 1.54) is 29.9 Å². The van der Waals surface area contributed by atoms with Crippen LogP contribution in [-0.2, 0) is 26.0 Å². The van der Waals surface area contributed by atoms with Crippen LogP contribution in [-0.4, -0.2) is 48.7 Å². The number of ether oxygens (including phenoxy) is 1. The first-order valence-electron chi connectivity index (χ1n) is 12.7. The van der Waals surface area contributed by atoms with Crippen molar-refractivity contribution in [3.8, 4) is 5.75 Å². The molecule has 1 heterocycles. The number of thioether (sulfide) groups is 1. The Balaban J connectivity index is 1.59. The van der Waals surface area contributed by atoms with Gasteiger partial charge in [0, 0.05) is 18.7 Å². The Labute approximate surface area is 223 Å². The summed E-state index contributed by atoms with van der Waals surface area (Å²) in [7, 11) is -3.99. The fourth-order valence-electron chi connectivity index (χ4n) is 3.79. The summed E-state index contributed by atoms with van der Waals surface area (Å²) in [6.45, 7) is 6.81. The second-order valence-corrected chi connectivity index (χ2v) is 11.5. The van der Waals surface area contributed by atoms with E-state index in [9.17, 15) is 18.0 Å². The third-order valence-corrected chi connectivity index (χ3v) is 8.51. The Morgan fingerprint density at radius 1 is 1.03 bits per heavy atom. The van der Waals surface area contributed by atoms with E-state index in [1.54, 1.807) is 43.3 Å². The average molecular weight is 546 g/mol. The Morgan fingerprint density at radius 3 is 2.35 bits per heavy atom. The van der Waals surface area contributed by atoms with Crippen LogP contribution in [0.1, 0.15) is 58.4 Å². The van der Waals surface area contributed by atoms with Gasteiger partial charge in [0.2, 0.25) is 11.8 Å². The van der Waals surface area contributed by atoms with Gasteiger partial charge in [0.25, 0.3) is 10.0 Å². The number of carbonyl (C=O) groups excluding carboxylic acids is 2. The Bertz CT molecular complexity index is 1200. The van der Waals surface area contributed by atoms with Crippen LogP contribution < -0.4 is 10.1 Å². The third kappa shape index (κ3) is 8.07. The molecule has 37 heavy (non-hydrogen) atoms. The highest BCUT2D eigenvalue weighted by Gasteiger charge is 2.39. The third-order valence-electron chi connectivity index (χ3n) is 5.94. The van der Waals surface area contributed by atoms with Crippen molar-refractivity contribution in [1.29, 1.82) is 0 Å². The molecule has 0 saturated carbocycles. The van der Waals surface area contributed by atoms with Gasteiger partial charge in [0.05, 0.1) is 11.5 Å². The first kappa shape index (κ1) is 28.7. The van der Waals surface area contributed by atoms with Crippen LogP contribution in [0.5, 0.6) is 5.75 Å². The minimum atomic E-state index is -3.99. The molecule has 0 spiro atoms.